The van der Waals surface area contributed by atoms with Crippen LogP contribution < -0.4 is 0 Å². The third-order valence-corrected chi connectivity index (χ3v) is 12.5. The van der Waals surface area contributed by atoms with E-state index < -0.39 is 5.79 Å². The number of methoxy groups -OCH3 is 2. The van der Waals surface area contributed by atoms with Gasteiger partial charge in [0, 0.05) is 20.1 Å². The molecule has 0 saturated heterocycles. The lowest BCUT2D eigenvalue weighted by atomic mass is 9.45. The molecular weight excluding hydrogens is 440 g/mol. The molecular formula is C34H44O2. The summed E-state index contributed by atoms with van der Waals surface area (Å²) >= 11 is 0. The second kappa shape index (κ2) is 7.82. The van der Waals surface area contributed by atoms with Crippen molar-refractivity contribution in [2.24, 2.45) is 46.8 Å². The minimum atomic E-state index is -0.632. The third-order valence-electron chi connectivity index (χ3n) is 12.5. The van der Waals surface area contributed by atoms with Gasteiger partial charge in [-0.05, 0) is 146 Å². The molecule has 0 radical (unpaired) electrons. The quantitative estimate of drug-likeness (QED) is 0.395. The maximum Gasteiger partial charge on any atom is 0.194 e. The standard InChI is InChI=1S/C34H44O2/c1-35-34(36-2)7-6-29(15-31(34)33-19-25-11-26(20-33)13-27(12-25)21-33)28-4-3-5-30(14-28)32-16-22-8-23(17-32)10-24(9-22)18-32/h3-7,14-15,22-27,31H,8-13,16-21H2,1-2H3. The smallest absolute Gasteiger partial charge is 0.194 e. The zero-order valence-corrected chi connectivity index (χ0v) is 22.4. The van der Waals surface area contributed by atoms with E-state index in [9.17, 15) is 0 Å². The largest absolute Gasteiger partial charge is 0.349 e. The predicted octanol–water partition coefficient (Wildman–Crippen LogP) is 7.93. The summed E-state index contributed by atoms with van der Waals surface area (Å²) in [5.41, 5.74) is 5.22. The number of allylic oxidation sites excluding steroid dienone is 2. The summed E-state index contributed by atoms with van der Waals surface area (Å²) in [6.45, 7) is 0. The summed E-state index contributed by atoms with van der Waals surface area (Å²) in [5.74, 6) is 5.37. The van der Waals surface area contributed by atoms with Gasteiger partial charge in [-0.3, -0.25) is 0 Å². The van der Waals surface area contributed by atoms with E-state index >= 15 is 0 Å². The molecule has 1 atom stereocenters. The minimum absolute atomic E-state index is 0.289. The Hall–Kier alpha value is -1.38. The first-order valence-corrected chi connectivity index (χ1v) is 15.1. The Morgan fingerprint density at radius 3 is 1.75 bits per heavy atom. The zero-order valence-electron chi connectivity index (χ0n) is 22.4. The molecule has 0 amide bonds. The van der Waals surface area contributed by atoms with Crippen molar-refractivity contribution in [1.82, 2.24) is 0 Å². The molecule has 0 N–H and O–H groups in total. The molecule has 8 saturated carbocycles. The predicted molar refractivity (Wildman–Crippen MR) is 144 cm³/mol. The van der Waals surface area contributed by atoms with Gasteiger partial charge in [0.15, 0.2) is 5.79 Å². The lowest BCUT2D eigenvalue weighted by Crippen LogP contribution is -2.56. The fraction of sp³-hybridized carbons (Fsp3) is 0.706. The molecule has 10 rings (SSSR count). The summed E-state index contributed by atoms with van der Waals surface area (Å²) in [4.78, 5) is 0. The Kier molecular flexibility index (Phi) is 4.91. The van der Waals surface area contributed by atoms with Crippen LogP contribution in [0.3, 0.4) is 0 Å². The van der Waals surface area contributed by atoms with Crippen molar-refractivity contribution in [3.63, 3.8) is 0 Å². The Morgan fingerprint density at radius 1 is 0.694 bits per heavy atom. The highest BCUT2D eigenvalue weighted by molar-refractivity contribution is 5.76. The van der Waals surface area contributed by atoms with Crippen LogP contribution >= 0.6 is 0 Å². The van der Waals surface area contributed by atoms with E-state index in [-0.39, 0.29) is 5.92 Å². The molecule has 2 nitrogen and oxygen atoms in total. The summed E-state index contributed by atoms with van der Waals surface area (Å²) < 4.78 is 12.5. The highest BCUT2D eigenvalue weighted by Crippen LogP contribution is 2.66. The topological polar surface area (TPSA) is 18.5 Å². The van der Waals surface area contributed by atoms with Crippen molar-refractivity contribution in [3.8, 4) is 0 Å². The molecule has 0 aliphatic heterocycles. The average Bonchev–Trinajstić information content (AvgIpc) is 2.87. The Bertz CT molecular complexity index is 1030. The van der Waals surface area contributed by atoms with Gasteiger partial charge in [-0.25, -0.2) is 0 Å². The third kappa shape index (κ3) is 3.22. The van der Waals surface area contributed by atoms with Gasteiger partial charge in [-0.2, -0.15) is 0 Å². The van der Waals surface area contributed by atoms with Crippen molar-refractivity contribution >= 4 is 5.57 Å². The van der Waals surface area contributed by atoms with Gasteiger partial charge in [0.05, 0.1) is 0 Å². The van der Waals surface area contributed by atoms with E-state index in [0.717, 1.165) is 35.5 Å². The molecule has 1 aromatic carbocycles. The Morgan fingerprint density at radius 2 is 1.22 bits per heavy atom. The van der Waals surface area contributed by atoms with Crippen molar-refractivity contribution in [2.75, 3.05) is 14.2 Å². The van der Waals surface area contributed by atoms with E-state index in [1.807, 2.05) is 14.2 Å². The highest BCUT2D eigenvalue weighted by atomic mass is 16.7. The molecule has 192 valence electrons. The summed E-state index contributed by atoms with van der Waals surface area (Å²) in [5, 5.41) is 0. The first kappa shape index (κ1) is 22.6. The lowest BCUT2D eigenvalue weighted by molar-refractivity contribution is -0.238. The van der Waals surface area contributed by atoms with Crippen LogP contribution in [0.15, 0.2) is 42.5 Å². The SMILES string of the molecule is COC1(OC)C=CC(c2cccc(C34CC5CC(CC(C5)C3)C4)c2)=CC1C12CC3CC(CC(C3)C1)C2. The van der Waals surface area contributed by atoms with E-state index in [1.54, 1.807) is 5.56 Å². The molecule has 9 aliphatic rings. The second-order valence-electron chi connectivity index (χ2n) is 14.6. The van der Waals surface area contributed by atoms with Crippen LogP contribution in [0.25, 0.3) is 5.57 Å². The second-order valence-corrected chi connectivity index (χ2v) is 14.6. The van der Waals surface area contributed by atoms with Gasteiger partial charge in [-0.15, -0.1) is 0 Å². The number of hydrogen-bond acceptors (Lipinski definition) is 2. The van der Waals surface area contributed by atoms with Gasteiger partial charge >= 0.3 is 0 Å². The molecule has 0 aromatic heterocycles. The van der Waals surface area contributed by atoms with E-state index in [1.165, 1.54) is 88.2 Å². The zero-order chi connectivity index (χ0) is 24.1. The molecule has 2 heteroatoms. The monoisotopic (exact) mass is 484 g/mol. The van der Waals surface area contributed by atoms with Gasteiger partial charge in [-0.1, -0.05) is 36.4 Å². The van der Waals surface area contributed by atoms with Crippen LogP contribution in [-0.2, 0) is 14.9 Å². The molecule has 1 unspecified atom stereocenters. The van der Waals surface area contributed by atoms with Crippen molar-refractivity contribution in [3.05, 3.63) is 53.6 Å². The first-order chi connectivity index (χ1) is 17.5. The van der Waals surface area contributed by atoms with Gasteiger partial charge in [0.1, 0.15) is 0 Å². The molecule has 8 bridgehead atoms. The summed E-state index contributed by atoms with van der Waals surface area (Å²) in [7, 11) is 3.71. The molecule has 9 aliphatic carbocycles. The van der Waals surface area contributed by atoms with E-state index in [2.05, 4.69) is 42.5 Å². The molecule has 0 spiro atoms. The number of hydrogen-bond donors (Lipinski definition) is 0. The maximum absolute atomic E-state index is 6.25. The number of ether oxygens (including phenoxy) is 2. The molecule has 0 heterocycles. The van der Waals surface area contributed by atoms with Crippen LogP contribution in [0.5, 0.6) is 0 Å². The molecule has 1 aromatic rings. The number of rotatable bonds is 5. The Labute approximate surface area is 217 Å². The number of benzene rings is 1. The van der Waals surface area contributed by atoms with Crippen LogP contribution in [0.4, 0.5) is 0 Å². The van der Waals surface area contributed by atoms with E-state index in [4.69, 9.17) is 9.47 Å². The molecule has 8 fully saturated rings. The van der Waals surface area contributed by atoms with Gasteiger partial charge in [0.2, 0.25) is 0 Å². The minimum Gasteiger partial charge on any atom is -0.349 e. The Balaban J connectivity index is 1.17. The fourth-order valence-corrected chi connectivity index (χ4v) is 12.0. The van der Waals surface area contributed by atoms with Crippen molar-refractivity contribution in [1.29, 1.82) is 0 Å². The summed E-state index contributed by atoms with van der Waals surface area (Å²) in [6, 6.07) is 9.78. The lowest BCUT2D eigenvalue weighted by Gasteiger charge is -2.61. The molecule has 36 heavy (non-hydrogen) atoms. The van der Waals surface area contributed by atoms with Crippen molar-refractivity contribution in [2.45, 2.75) is 88.3 Å². The van der Waals surface area contributed by atoms with Crippen LogP contribution in [0.1, 0.15) is 88.2 Å². The highest BCUT2D eigenvalue weighted by Gasteiger charge is 2.59. The maximum atomic E-state index is 6.25. The van der Waals surface area contributed by atoms with Crippen LogP contribution in [0.2, 0.25) is 0 Å². The normalized spacial score (nSPS) is 47.4. The summed E-state index contributed by atoms with van der Waals surface area (Å²) in [6.07, 6.45) is 24.5. The van der Waals surface area contributed by atoms with Crippen LogP contribution in [0, 0.1) is 46.8 Å². The van der Waals surface area contributed by atoms with E-state index in [0.29, 0.717) is 10.8 Å². The van der Waals surface area contributed by atoms with Crippen LogP contribution in [-0.4, -0.2) is 20.0 Å². The van der Waals surface area contributed by atoms with Crippen molar-refractivity contribution < 1.29 is 9.47 Å². The van der Waals surface area contributed by atoms with Gasteiger partial charge in [0.25, 0.3) is 0 Å². The first-order valence-electron chi connectivity index (χ1n) is 15.1. The van der Waals surface area contributed by atoms with Gasteiger partial charge < -0.3 is 9.47 Å². The average molecular weight is 485 g/mol. The fourth-order valence-electron chi connectivity index (χ4n) is 12.0.